The van der Waals surface area contributed by atoms with Gasteiger partial charge in [-0.2, -0.15) is 5.26 Å². The van der Waals surface area contributed by atoms with E-state index in [0.29, 0.717) is 0 Å². The SMILES string of the molecule is CCc1ccc([C@H]2[C@@H](S(C)(=O)=O)[C@@]2(N)C#N)cc1. The average Bonchev–Trinajstić information content (AvgIpc) is 2.97. The van der Waals surface area contributed by atoms with Crippen LogP contribution in [0.25, 0.3) is 0 Å². The molecule has 1 saturated carbocycles. The van der Waals surface area contributed by atoms with E-state index in [1.54, 1.807) is 0 Å². The van der Waals surface area contributed by atoms with Crippen molar-refractivity contribution in [2.75, 3.05) is 6.26 Å². The van der Waals surface area contributed by atoms with E-state index < -0.39 is 26.5 Å². The van der Waals surface area contributed by atoms with Crippen molar-refractivity contribution in [1.82, 2.24) is 0 Å². The first-order chi connectivity index (χ1) is 8.34. The van der Waals surface area contributed by atoms with Crippen molar-refractivity contribution in [3.8, 4) is 6.07 Å². The smallest absolute Gasteiger partial charge is 0.153 e. The van der Waals surface area contributed by atoms with Gasteiger partial charge in [-0.05, 0) is 17.5 Å². The molecule has 18 heavy (non-hydrogen) atoms. The fourth-order valence-electron chi connectivity index (χ4n) is 2.52. The van der Waals surface area contributed by atoms with E-state index in [-0.39, 0.29) is 0 Å². The van der Waals surface area contributed by atoms with Crippen LogP contribution in [0.5, 0.6) is 0 Å². The molecule has 0 unspecified atom stereocenters. The monoisotopic (exact) mass is 264 g/mol. The Bertz CT molecular complexity index is 601. The Kier molecular flexibility index (Phi) is 2.96. The van der Waals surface area contributed by atoms with Crippen LogP contribution in [0.3, 0.4) is 0 Å². The molecule has 0 amide bonds. The lowest BCUT2D eigenvalue weighted by Gasteiger charge is -2.02. The van der Waals surface area contributed by atoms with Crippen LogP contribution >= 0.6 is 0 Å². The van der Waals surface area contributed by atoms with Gasteiger partial charge < -0.3 is 5.73 Å². The Balaban J connectivity index is 2.37. The predicted molar refractivity (Wildman–Crippen MR) is 69.7 cm³/mol. The highest BCUT2D eigenvalue weighted by Crippen LogP contribution is 2.53. The Hall–Kier alpha value is -1.38. The fourth-order valence-corrected chi connectivity index (χ4v) is 4.23. The number of rotatable bonds is 3. The zero-order chi connectivity index (χ0) is 13.6. The summed E-state index contributed by atoms with van der Waals surface area (Å²) in [6, 6.07) is 9.58. The van der Waals surface area contributed by atoms with Crippen LogP contribution in [0.2, 0.25) is 0 Å². The third-order valence-electron chi connectivity index (χ3n) is 3.58. The zero-order valence-electron chi connectivity index (χ0n) is 10.4. The van der Waals surface area contributed by atoms with Crippen molar-refractivity contribution in [2.24, 2.45) is 5.73 Å². The van der Waals surface area contributed by atoms with E-state index >= 15 is 0 Å². The first-order valence-electron chi connectivity index (χ1n) is 5.82. The van der Waals surface area contributed by atoms with E-state index in [1.807, 2.05) is 37.3 Å². The van der Waals surface area contributed by atoms with Crippen LogP contribution in [0.1, 0.15) is 24.0 Å². The Morgan fingerprint density at radius 1 is 1.39 bits per heavy atom. The number of nitrogens with zero attached hydrogens (tertiary/aromatic N) is 1. The number of benzene rings is 1. The van der Waals surface area contributed by atoms with Gasteiger partial charge in [-0.15, -0.1) is 0 Å². The largest absolute Gasteiger partial charge is 0.312 e. The first-order valence-corrected chi connectivity index (χ1v) is 7.78. The number of nitrogens with two attached hydrogens (primary N) is 1. The fraction of sp³-hybridized carbons (Fsp3) is 0.462. The molecule has 1 aromatic carbocycles. The van der Waals surface area contributed by atoms with E-state index in [9.17, 15) is 8.42 Å². The van der Waals surface area contributed by atoms with E-state index in [2.05, 4.69) is 0 Å². The van der Waals surface area contributed by atoms with Gasteiger partial charge in [-0.25, -0.2) is 8.42 Å². The molecule has 1 aliphatic carbocycles. The summed E-state index contributed by atoms with van der Waals surface area (Å²) in [6.45, 7) is 2.05. The van der Waals surface area contributed by atoms with Crippen molar-refractivity contribution in [2.45, 2.75) is 30.1 Å². The molecular weight excluding hydrogens is 248 g/mol. The van der Waals surface area contributed by atoms with Gasteiger partial charge in [0, 0.05) is 12.2 Å². The zero-order valence-corrected chi connectivity index (χ0v) is 11.2. The summed E-state index contributed by atoms with van der Waals surface area (Å²) >= 11 is 0. The molecule has 5 heteroatoms. The molecule has 4 nitrogen and oxygen atoms in total. The van der Waals surface area contributed by atoms with Gasteiger partial charge in [0.2, 0.25) is 0 Å². The standard InChI is InChI=1S/C13H16N2O2S/c1-3-9-4-6-10(7-5-9)11-12(18(2,16)17)13(11,15)8-14/h4-7,11-12H,3,15H2,1-2H3/t11-,12+,13+/m0/s1. The maximum atomic E-state index is 11.6. The van der Waals surface area contributed by atoms with E-state index in [0.717, 1.165) is 18.2 Å². The highest BCUT2D eigenvalue weighted by Gasteiger charge is 2.69. The topological polar surface area (TPSA) is 83.9 Å². The quantitative estimate of drug-likeness (QED) is 0.882. The first kappa shape index (κ1) is 13.1. The molecule has 1 aromatic rings. The molecule has 2 rings (SSSR count). The van der Waals surface area contributed by atoms with Gasteiger partial charge in [0.25, 0.3) is 0 Å². The lowest BCUT2D eigenvalue weighted by Crippen LogP contribution is -2.28. The minimum absolute atomic E-state index is 0.414. The number of aryl methyl sites for hydroxylation is 1. The number of nitriles is 1. The molecule has 0 heterocycles. The maximum absolute atomic E-state index is 11.6. The second-order valence-corrected chi connectivity index (χ2v) is 7.03. The van der Waals surface area contributed by atoms with Crippen molar-refractivity contribution < 1.29 is 8.42 Å². The molecule has 0 bridgehead atoms. The minimum atomic E-state index is -3.31. The molecule has 0 saturated heterocycles. The molecule has 0 aromatic heterocycles. The molecule has 0 spiro atoms. The van der Waals surface area contributed by atoms with Crippen LogP contribution in [-0.4, -0.2) is 25.5 Å². The summed E-state index contributed by atoms with van der Waals surface area (Å²) in [7, 11) is -3.31. The number of hydrogen-bond acceptors (Lipinski definition) is 4. The van der Waals surface area contributed by atoms with E-state index in [4.69, 9.17) is 11.0 Å². The van der Waals surface area contributed by atoms with Crippen molar-refractivity contribution in [1.29, 1.82) is 5.26 Å². The molecule has 1 aliphatic rings. The highest BCUT2D eigenvalue weighted by molar-refractivity contribution is 7.91. The van der Waals surface area contributed by atoms with Crippen LogP contribution in [-0.2, 0) is 16.3 Å². The van der Waals surface area contributed by atoms with Crippen LogP contribution in [0.4, 0.5) is 0 Å². The molecule has 2 N–H and O–H groups in total. The molecule has 3 atom stereocenters. The van der Waals surface area contributed by atoms with Crippen molar-refractivity contribution in [3.63, 3.8) is 0 Å². The van der Waals surface area contributed by atoms with Gasteiger partial charge in [0.1, 0.15) is 10.8 Å². The van der Waals surface area contributed by atoms with Crippen molar-refractivity contribution in [3.05, 3.63) is 35.4 Å². The van der Waals surface area contributed by atoms with E-state index in [1.165, 1.54) is 5.56 Å². The molecule has 1 fully saturated rings. The Morgan fingerprint density at radius 2 is 1.94 bits per heavy atom. The third-order valence-corrected chi connectivity index (χ3v) is 5.17. The highest BCUT2D eigenvalue weighted by atomic mass is 32.2. The second-order valence-electron chi connectivity index (χ2n) is 4.87. The Morgan fingerprint density at radius 3 is 2.28 bits per heavy atom. The van der Waals surface area contributed by atoms with Crippen LogP contribution in [0.15, 0.2) is 24.3 Å². The normalized spacial score (nSPS) is 30.8. The molecule has 96 valence electrons. The number of sulfone groups is 1. The van der Waals surface area contributed by atoms with Gasteiger partial charge >= 0.3 is 0 Å². The summed E-state index contributed by atoms with van der Waals surface area (Å²) in [6.07, 6.45) is 2.06. The summed E-state index contributed by atoms with van der Waals surface area (Å²) in [5.74, 6) is -0.414. The maximum Gasteiger partial charge on any atom is 0.153 e. The summed E-state index contributed by atoms with van der Waals surface area (Å²) in [4.78, 5) is 0. The minimum Gasteiger partial charge on any atom is -0.312 e. The molecule has 0 aliphatic heterocycles. The third kappa shape index (κ3) is 1.92. The summed E-state index contributed by atoms with van der Waals surface area (Å²) in [5.41, 5.74) is 6.61. The van der Waals surface area contributed by atoms with Gasteiger partial charge in [-0.3, -0.25) is 0 Å². The predicted octanol–water partition coefficient (Wildman–Crippen LogP) is 0.980. The number of hydrogen-bond donors (Lipinski definition) is 1. The Labute approximate surface area is 107 Å². The summed E-state index contributed by atoms with van der Waals surface area (Å²) in [5, 5.41) is 8.30. The summed E-state index contributed by atoms with van der Waals surface area (Å²) < 4.78 is 23.3. The molecule has 0 radical (unpaired) electrons. The van der Waals surface area contributed by atoms with Gasteiger partial charge in [-0.1, -0.05) is 31.2 Å². The molecular formula is C13H16N2O2S. The van der Waals surface area contributed by atoms with Crippen LogP contribution < -0.4 is 5.73 Å². The van der Waals surface area contributed by atoms with Gasteiger partial charge in [0.15, 0.2) is 9.84 Å². The lowest BCUT2D eigenvalue weighted by molar-refractivity contribution is 0.597. The average molecular weight is 264 g/mol. The second kappa shape index (κ2) is 4.08. The lowest BCUT2D eigenvalue weighted by atomic mass is 10.0. The van der Waals surface area contributed by atoms with Crippen molar-refractivity contribution >= 4 is 9.84 Å². The van der Waals surface area contributed by atoms with Gasteiger partial charge in [0.05, 0.1) is 6.07 Å². The van der Waals surface area contributed by atoms with Crippen LogP contribution in [0, 0.1) is 11.3 Å².